The number of nitrogens with zero attached hydrogens (tertiary/aromatic N) is 1. The zero-order valence-corrected chi connectivity index (χ0v) is 4.55. The first kappa shape index (κ1) is 5.31. The lowest BCUT2D eigenvalue weighted by Gasteiger charge is -2.04. The Hall–Kier alpha value is -0.830. The average molecular weight is 112 g/mol. The first-order chi connectivity index (χ1) is 3.84. The fourth-order valence-electron chi connectivity index (χ4n) is 0.639. The molecule has 1 aliphatic heterocycles. The van der Waals surface area contributed by atoms with E-state index in [9.17, 15) is 4.79 Å². The van der Waals surface area contributed by atoms with Crippen LogP contribution in [0, 0.1) is 0 Å². The lowest BCUT2D eigenvalue weighted by atomic mass is 10.6. The fraction of sp³-hybridized carbons (Fsp3) is 0.400. The van der Waals surface area contributed by atoms with Crippen molar-refractivity contribution in [3.05, 3.63) is 12.8 Å². The number of hydrogen-bond acceptors (Lipinski definition) is 2. The largest absolute Gasteiger partial charge is 0.305 e. The summed E-state index contributed by atoms with van der Waals surface area (Å²) in [5, 5.41) is 2.88. The summed E-state index contributed by atoms with van der Waals surface area (Å²) in [7, 11) is 0. The number of carbonyl (C=O) groups is 1. The van der Waals surface area contributed by atoms with Gasteiger partial charge >= 0.3 is 0 Å². The normalized spacial score (nSPS) is 19.5. The Bertz CT molecular complexity index is 122. The lowest BCUT2D eigenvalue weighted by Crippen LogP contribution is -2.18. The molecule has 3 nitrogen and oxygen atoms in total. The summed E-state index contributed by atoms with van der Waals surface area (Å²) in [6, 6.07) is 0. The molecular formula is C5H8N2O. The molecule has 0 aromatic rings. The standard InChI is InChI=1S/C5H8N2O/c1-2-7-4-6-3-5(7)8/h2,6H,1,3-4H2. The van der Waals surface area contributed by atoms with Crippen molar-refractivity contribution < 1.29 is 4.79 Å². The summed E-state index contributed by atoms with van der Waals surface area (Å²) in [5.41, 5.74) is 0. The first-order valence-electron chi connectivity index (χ1n) is 2.47. The van der Waals surface area contributed by atoms with Crippen molar-refractivity contribution in [3.63, 3.8) is 0 Å². The van der Waals surface area contributed by atoms with E-state index < -0.39 is 0 Å². The highest BCUT2D eigenvalue weighted by Gasteiger charge is 2.15. The molecule has 0 saturated carbocycles. The Labute approximate surface area is 48.0 Å². The van der Waals surface area contributed by atoms with Gasteiger partial charge in [0.15, 0.2) is 0 Å². The number of nitrogens with one attached hydrogen (secondary N) is 1. The predicted molar refractivity (Wildman–Crippen MR) is 29.9 cm³/mol. The second-order valence-corrected chi connectivity index (χ2v) is 1.63. The van der Waals surface area contributed by atoms with Gasteiger partial charge in [0.2, 0.25) is 5.91 Å². The Morgan fingerprint density at radius 3 is 2.88 bits per heavy atom. The van der Waals surface area contributed by atoms with E-state index >= 15 is 0 Å². The van der Waals surface area contributed by atoms with Gasteiger partial charge in [0.25, 0.3) is 0 Å². The smallest absolute Gasteiger partial charge is 0.241 e. The van der Waals surface area contributed by atoms with E-state index in [2.05, 4.69) is 11.9 Å². The van der Waals surface area contributed by atoms with Crippen molar-refractivity contribution in [2.75, 3.05) is 13.2 Å². The quantitative estimate of drug-likeness (QED) is 0.497. The van der Waals surface area contributed by atoms with Gasteiger partial charge in [-0.05, 0) is 0 Å². The van der Waals surface area contributed by atoms with Crippen molar-refractivity contribution in [1.82, 2.24) is 10.2 Å². The van der Waals surface area contributed by atoms with Crippen molar-refractivity contribution in [3.8, 4) is 0 Å². The molecule has 1 amide bonds. The minimum atomic E-state index is 0.0972. The van der Waals surface area contributed by atoms with E-state index in [0.29, 0.717) is 13.2 Å². The van der Waals surface area contributed by atoms with Gasteiger partial charge < -0.3 is 4.90 Å². The molecule has 0 aliphatic carbocycles. The summed E-state index contributed by atoms with van der Waals surface area (Å²) in [6.07, 6.45) is 1.53. The van der Waals surface area contributed by atoms with E-state index in [-0.39, 0.29) is 5.91 Å². The molecule has 1 fully saturated rings. The molecule has 1 aliphatic rings. The van der Waals surface area contributed by atoms with Gasteiger partial charge in [0, 0.05) is 6.20 Å². The molecular weight excluding hydrogens is 104 g/mol. The third-order valence-corrected chi connectivity index (χ3v) is 1.10. The van der Waals surface area contributed by atoms with E-state index in [1.807, 2.05) is 0 Å². The summed E-state index contributed by atoms with van der Waals surface area (Å²) in [4.78, 5) is 12.1. The van der Waals surface area contributed by atoms with Crippen LogP contribution in [0.15, 0.2) is 12.8 Å². The molecule has 0 unspecified atom stereocenters. The van der Waals surface area contributed by atoms with Crippen LogP contribution in [0.3, 0.4) is 0 Å². The zero-order valence-electron chi connectivity index (χ0n) is 4.55. The van der Waals surface area contributed by atoms with Crippen LogP contribution >= 0.6 is 0 Å². The zero-order chi connectivity index (χ0) is 5.98. The van der Waals surface area contributed by atoms with Crippen LogP contribution in [0.2, 0.25) is 0 Å². The molecule has 3 heteroatoms. The second kappa shape index (κ2) is 1.96. The fourth-order valence-corrected chi connectivity index (χ4v) is 0.639. The van der Waals surface area contributed by atoms with Crippen LogP contribution in [-0.4, -0.2) is 24.0 Å². The third kappa shape index (κ3) is 0.721. The Kier molecular flexibility index (Phi) is 1.30. The van der Waals surface area contributed by atoms with E-state index in [1.165, 1.54) is 6.20 Å². The molecule has 0 aromatic carbocycles. The average Bonchev–Trinajstić information content (AvgIpc) is 2.14. The maximum absolute atomic E-state index is 10.6. The molecule has 0 spiro atoms. The third-order valence-electron chi connectivity index (χ3n) is 1.10. The summed E-state index contributed by atoms with van der Waals surface area (Å²) in [5.74, 6) is 0.0972. The molecule has 1 N–H and O–H groups in total. The minimum absolute atomic E-state index is 0.0972. The molecule has 44 valence electrons. The Morgan fingerprint density at radius 1 is 1.88 bits per heavy atom. The second-order valence-electron chi connectivity index (χ2n) is 1.63. The number of rotatable bonds is 1. The highest BCUT2D eigenvalue weighted by molar-refractivity contribution is 5.80. The van der Waals surface area contributed by atoms with E-state index in [1.54, 1.807) is 4.90 Å². The first-order valence-corrected chi connectivity index (χ1v) is 2.47. The maximum atomic E-state index is 10.6. The summed E-state index contributed by atoms with van der Waals surface area (Å²) >= 11 is 0. The van der Waals surface area contributed by atoms with Crippen molar-refractivity contribution in [2.45, 2.75) is 0 Å². The van der Waals surface area contributed by atoms with Crippen LogP contribution in [0.4, 0.5) is 0 Å². The summed E-state index contributed by atoms with van der Waals surface area (Å²) in [6.45, 7) is 4.52. The van der Waals surface area contributed by atoms with Crippen LogP contribution in [0.25, 0.3) is 0 Å². The highest BCUT2D eigenvalue weighted by atomic mass is 16.2. The van der Waals surface area contributed by atoms with Gasteiger partial charge in [0.1, 0.15) is 0 Å². The van der Waals surface area contributed by atoms with Crippen LogP contribution in [-0.2, 0) is 4.79 Å². The molecule has 0 radical (unpaired) electrons. The molecule has 0 atom stereocenters. The molecule has 1 rings (SSSR count). The maximum Gasteiger partial charge on any atom is 0.241 e. The number of hydrogen-bond donors (Lipinski definition) is 1. The van der Waals surface area contributed by atoms with E-state index in [0.717, 1.165) is 0 Å². The number of carbonyl (C=O) groups excluding carboxylic acids is 1. The van der Waals surface area contributed by atoms with Gasteiger partial charge in [0.05, 0.1) is 13.2 Å². The van der Waals surface area contributed by atoms with Gasteiger partial charge in [-0.25, -0.2) is 0 Å². The molecule has 1 heterocycles. The van der Waals surface area contributed by atoms with Crippen molar-refractivity contribution in [2.24, 2.45) is 0 Å². The van der Waals surface area contributed by atoms with Crippen molar-refractivity contribution >= 4 is 5.91 Å². The Morgan fingerprint density at radius 2 is 2.62 bits per heavy atom. The van der Waals surface area contributed by atoms with Crippen LogP contribution in [0.5, 0.6) is 0 Å². The van der Waals surface area contributed by atoms with Crippen molar-refractivity contribution in [1.29, 1.82) is 0 Å². The topological polar surface area (TPSA) is 32.3 Å². The van der Waals surface area contributed by atoms with Gasteiger partial charge in [-0.1, -0.05) is 6.58 Å². The SMILES string of the molecule is C=CN1CNCC1=O. The van der Waals surface area contributed by atoms with E-state index in [4.69, 9.17) is 0 Å². The van der Waals surface area contributed by atoms with Crippen LogP contribution in [0.1, 0.15) is 0 Å². The summed E-state index contributed by atoms with van der Waals surface area (Å²) < 4.78 is 0. The van der Waals surface area contributed by atoms with Gasteiger partial charge in [-0.3, -0.25) is 10.1 Å². The predicted octanol–water partition coefficient (Wildman–Crippen LogP) is -0.481. The molecule has 1 saturated heterocycles. The monoisotopic (exact) mass is 112 g/mol. The molecule has 8 heavy (non-hydrogen) atoms. The lowest BCUT2D eigenvalue weighted by molar-refractivity contribution is -0.124. The minimum Gasteiger partial charge on any atom is -0.305 e. The molecule has 0 bridgehead atoms. The van der Waals surface area contributed by atoms with Crippen LogP contribution < -0.4 is 5.32 Å². The highest BCUT2D eigenvalue weighted by Crippen LogP contribution is 1.92. The Balaban J connectivity index is 2.54. The number of amides is 1. The van der Waals surface area contributed by atoms with Gasteiger partial charge in [-0.2, -0.15) is 0 Å². The van der Waals surface area contributed by atoms with Gasteiger partial charge in [-0.15, -0.1) is 0 Å². The molecule has 0 aromatic heterocycles.